The molecule has 5 heteroatoms. The van der Waals surface area contributed by atoms with Crippen LogP contribution in [0.1, 0.15) is 11.1 Å². The molecular formula is C11H12N4O. The maximum absolute atomic E-state index is 11.6. The van der Waals surface area contributed by atoms with Crippen molar-refractivity contribution in [2.24, 2.45) is 0 Å². The number of pyridine rings is 1. The smallest absolute Gasteiger partial charge is 0.255 e. The lowest BCUT2D eigenvalue weighted by Crippen LogP contribution is -2.15. The van der Waals surface area contributed by atoms with Gasteiger partial charge in [0.15, 0.2) is 0 Å². The van der Waals surface area contributed by atoms with Gasteiger partial charge >= 0.3 is 0 Å². The molecule has 0 radical (unpaired) electrons. The molecular weight excluding hydrogens is 204 g/mol. The van der Waals surface area contributed by atoms with Crippen molar-refractivity contribution >= 4 is 5.95 Å². The number of aromatic nitrogens is 3. The normalized spacial score (nSPS) is 10.1. The van der Waals surface area contributed by atoms with Crippen molar-refractivity contribution in [3.63, 3.8) is 0 Å². The second-order valence-electron chi connectivity index (χ2n) is 3.37. The summed E-state index contributed by atoms with van der Waals surface area (Å²) in [5.74, 6) is 0.472. The van der Waals surface area contributed by atoms with Crippen LogP contribution in [0.5, 0.6) is 0 Å². The molecule has 0 spiro atoms. The molecule has 0 aromatic carbocycles. The predicted octanol–water partition coefficient (Wildman–Crippen LogP) is 0.797. The Kier molecular flexibility index (Phi) is 2.95. The largest absolute Gasteiger partial charge is 0.359 e. The summed E-state index contributed by atoms with van der Waals surface area (Å²) in [5.41, 5.74) is 1.50. The Morgan fingerprint density at radius 1 is 1.44 bits per heavy atom. The molecule has 2 rings (SSSR count). The van der Waals surface area contributed by atoms with E-state index in [1.165, 1.54) is 0 Å². The van der Waals surface area contributed by atoms with E-state index in [0.29, 0.717) is 17.9 Å². The summed E-state index contributed by atoms with van der Waals surface area (Å²) in [6.07, 6.45) is 5.57. The highest BCUT2D eigenvalue weighted by molar-refractivity contribution is 5.26. The van der Waals surface area contributed by atoms with E-state index >= 15 is 0 Å². The van der Waals surface area contributed by atoms with Crippen LogP contribution in [0.3, 0.4) is 0 Å². The van der Waals surface area contributed by atoms with Crippen LogP contribution in [0, 0.1) is 0 Å². The van der Waals surface area contributed by atoms with Crippen LogP contribution in [0.15, 0.2) is 35.5 Å². The zero-order valence-electron chi connectivity index (χ0n) is 8.90. The molecule has 0 unspecified atom stereocenters. The molecule has 2 N–H and O–H groups in total. The van der Waals surface area contributed by atoms with Crippen molar-refractivity contribution in [3.05, 3.63) is 52.2 Å². The van der Waals surface area contributed by atoms with Crippen LogP contribution in [0.25, 0.3) is 0 Å². The number of nitrogens with zero attached hydrogens (tertiary/aromatic N) is 2. The highest BCUT2D eigenvalue weighted by atomic mass is 16.1. The molecule has 2 heterocycles. The Morgan fingerprint density at radius 3 is 2.94 bits per heavy atom. The van der Waals surface area contributed by atoms with E-state index in [0.717, 1.165) is 5.56 Å². The van der Waals surface area contributed by atoms with Gasteiger partial charge in [0.05, 0.1) is 0 Å². The molecule has 5 nitrogen and oxygen atoms in total. The van der Waals surface area contributed by atoms with Gasteiger partial charge in [0.2, 0.25) is 5.95 Å². The number of H-pyrrole nitrogens is 1. The maximum atomic E-state index is 11.6. The van der Waals surface area contributed by atoms with E-state index in [1.807, 2.05) is 12.1 Å². The number of rotatable bonds is 3. The van der Waals surface area contributed by atoms with E-state index in [1.54, 1.807) is 25.6 Å². The van der Waals surface area contributed by atoms with Crippen molar-refractivity contribution in [3.8, 4) is 0 Å². The molecule has 0 aliphatic heterocycles. The van der Waals surface area contributed by atoms with Crippen LogP contribution in [-0.4, -0.2) is 22.0 Å². The Balaban J connectivity index is 2.26. The average Bonchev–Trinajstić information content (AvgIpc) is 2.33. The summed E-state index contributed by atoms with van der Waals surface area (Å²) in [5, 5.41) is 2.78. The third-order valence-corrected chi connectivity index (χ3v) is 2.23. The summed E-state index contributed by atoms with van der Waals surface area (Å²) >= 11 is 0. The molecule has 0 fully saturated rings. The lowest BCUT2D eigenvalue weighted by molar-refractivity contribution is 1.02. The summed E-state index contributed by atoms with van der Waals surface area (Å²) < 4.78 is 0. The first-order valence-electron chi connectivity index (χ1n) is 4.94. The summed E-state index contributed by atoms with van der Waals surface area (Å²) in [4.78, 5) is 22.4. The van der Waals surface area contributed by atoms with Gasteiger partial charge in [-0.2, -0.15) is 0 Å². The maximum Gasteiger partial charge on any atom is 0.255 e. The summed E-state index contributed by atoms with van der Waals surface area (Å²) in [6.45, 7) is 0. The first-order valence-corrected chi connectivity index (χ1v) is 4.94. The van der Waals surface area contributed by atoms with Crippen LogP contribution < -0.4 is 10.9 Å². The van der Waals surface area contributed by atoms with Crippen LogP contribution in [-0.2, 0) is 6.42 Å². The number of aromatic amines is 1. The number of anilines is 1. The van der Waals surface area contributed by atoms with Crippen molar-refractivity contribution < 1.29 is 0 Å². The van der Waals surface area contributed by atoms with Gasteiger partial charge in [0.25, 0.3) is 5.56 Å². The minimum atomic E-state index is -0.122. The molecule has 16 heavy (non-hydrogen) atoms. The average molecular weight is 216 g/mol. The SMILES string of the molecule is CNc1ncc(Cc2cccnc2)c(=O)[nH]1. The Bertz CT molecular complexity index is 521. The monoisotopic (exact) mass is 216 g/mol. The molecule has 2 aromatic rings. The molecule has 0 aliphatic rings. The van der Waals surface area contributed by atoms with Gasteiger partial charge in [-0.3, -0.25) is 14.8 Å². The molecule has 82 valence electrons. The van der Waals surface area contributed by atoms with E-state index < -0.39 is 0 Å². The van der Waals surface area contributed by atoms with Gasteiger partial charge in [0, 0.05) is 37.6 Å². The fourth-order valence-electron chi connectivity index (χ4n) is 1.40. The Hall–Kier alpha value is -2.17. The van der Waals surface area contributed by atoms with E-state index in [9.17, 15) is 4.79 Å². The van der Waals surface area contributed by atoms with Crippen molar-refractivity contribution in [1.82, 2.24) is 15.0 Å². The number of hydrogen-bond donors (Lipinski definition) is 2. The van der Waals surface area contributed by atoms with Crippen molar-refractivity contribution in [2.45, 2.75) is 6.42 Å². The summed E-state index contributed by atoms with van der Waals surface area (Å²) in [6, 6.07) is 3.78. The fraction of sp³-hybridized carbons (Fsp3) is 0.182. The zero-order chi connectivity index (χ0) is 11.4. The first kappa shape index (κ1) is 10.4. The molecule has 0 atom stereocenters. The van der Waals surface area contributed by atoms with Gasteiger partial charge in [0.1, 0.15) is 0 Å². The third-order valence-electron chi connectivity index (χ3n) is 2.23. The summed E-state index contributed by atoms with van der Waals surface area (Å²) in [7, 11) is 1.71. The quantitative estimate of drug-likeness (QED) is 0.796. The van der Waals surface area contributed by atoms with Gasteiger partial charge in [-0.05, 0) is 11.6 Å². The topological polar surface area (TPSA) is 70.7 Å². The van der Waals surface area contributed by atoms with Crippen LogP contribution in [0.4, 0.5) is 5.95 Å². The number of hydrogen-bond acceptors (Lipinski definition) is 4. The molecule has 0 aliphatic carbocycles. The van der Waals surface area contributed by atoms with Crippen LogP contribution >= 0.6 is 0 Å². The Morgan fingerprint density at radius 2 is 2.31 bits per heavy atom. The Labute approximate surface area is 92.6 Å². The second-order valence-corrected chi connectivity index (χ2v) is 3.37. The van der Waals surface area contributed by atoms with E-state index in [2.05, 4.69) is 20.3 Å². The highest BCUT2D eigenvalue weighted by Crippen LogP contribution is 2.03. The van der Waals surface area contributed by atoms with Crippen LogP contribution in [0.2, 0.25) is 0 Å². The lowest BCUT2D eigenvalue weighted by atomic mass is 10.1. The van der Waals surface area contributed by atoms with Crippen molar-refractivity contribution in [2.75, 3.05) is 12.4 Å². The fourth-order valence-corrected chi connectivity index (χ4v) is 1.40. The van der Waals surface area contributed by atoms with Gasteiger partial charge < -0.3 is 5.32 Å². The van der Waals surface area contributed by atoms with E-state index in [4.69, 9.17) is 0 Å². The molecule has 0 amide bonds. The minimum Gasteiger partial charge on any atom is -0.359 e. The second kappa shape index (κ2) is 4.57. The standard InChI is InChI=1S/C11H12N4O/c1-12-11-14-7-9(10(16)15-11)5-8-3-2-4-13-6-8/h2-4,6-7H,5H2,1H3,(H2,12,14,15,16). The third kappa shape index (κ3) is 2.25. The molecule has 0 bridgehead atoms. The molecule has 0 saturated heterocycles. The highest BCUT2D eigenvalue weighted by Gasteiger charge is 2.02. The lowest BCUT2D eigenvalue weighted by Gasteiger charge is -2.02. The van der Waals surface area contributed by atoms with E-state index in [-0.39, 0.29) is 5.56 Å². The van der Waals surface area contributed by atoms with Gasteiger partial charge in [-0.15, -0.1) is 0 Å². The van der Waals surface area contributed by atoms with Crippen molar-refractivity contribution in [1.29, 1.82) is 0 Å². The predicted molar refractivity (Wildman–Crippen MR) is 61.4 cm³/mol. The first-order chi connectivity index (χ1) is 7.79. The molecule has 0 saturated carbocycles. The van der Waals surface area contributed by atoms with Gasteiger partial charge in [-0.25, -0.2) is 4.98 Å². The van der Waals surface area contributed by atoms with Gasteiger partial charge in [-0.1, -0.05) is 6.07 Å². The molecule has 2 aromatic heterocycles. The number of nitrogens with one attached hydrogen (secondary N) is 2. The minimum absolute atomic E-state index is 0.122. The zero-order valence-corrected chi connectivity index (χ0v) is 8.90.